The van der Waals surface area contributed by atoms with Gasteiger partial charge < -0.3 is 10.2 Å². The normalized spacial score (nSPS) is 26.4. The van der Waals surface area contributed by atoms with Gasteiger partial charge in [-0.25, -0.2) is 0 Å². The minimum Gasteiger partial charge on any atom is -0.343 e. The third-order valence-corrected chi connectivity index (χ3v) is 3.63. The van der Waals surface area contributed by atoms with Crippen molar-refractivity contribution in [2.24, 2.45) is 5.92 Å². The van der Waals surface area contributed by atoms with Crippen LogP contribution in [0.15, 0.2) is 0 Å². The summed E-state index contributed by atoms with van der Waals surface area (Å²) >= 11 is 0. The minimum absolute atomic E-state index is 0.0135. The highest BCUT2D eigenvalue weighted by atomic mass is 16.2. The maximum atomic E-state index is 12.3. The van der Waals surface area contributed by atoms with Crippen LogP contribution in [0, 0.1) is 5.92 Å². The number of piperazine rings is 1. The van der Waals surface area contributed by atoms with E-state index in [1.807, 2.05) is 25.7 Å². The maximum Gasteiger partial charge on any atom is 0.245 e. The predicted molar refractivity (Wildman–Crippen MR) is 72.1 cm³/mol. The molecule has 0 spiro atoms. The Morgan fingerprint density at radius 1 is 1.28 bits per heavy atom. The number of unbranched alkanes of at least 4 members (excludes halogenated alkanes) is 1. The summed E-state index contributed by atoms with van der Waals surface area (Å²) in [4.78, 5) is 26.2. The van der Waals surface area contributed by atoms with Crippen molar-refractivity contribution in [1.82, 2.24) is 10.2 Å². The number of hydrogen-bond acceptors (Lipinski definition) is 2. The van der Waals surface area contributed by atoms with Crippen molar-refractivity contribution < 1.29 is 9.59 Å². The molecular weight excluding hydrogens is 228 g/mol. The van der Waals surface area contributed by atoms with E-state index in [9.17, 15) is 9.59 Å². The Morgan fingerprint density at radius 3 is 2.39 bits per heavy atom. The summed E-state index contributed by atoms with van der Waals surface area (Å²) in [5.41, 5.74) is 0. The Bertz CT molecular complexity index is 315. The lowest BCUT2D eigenvalue weighted by molar-refractivity contribution is -0.153. The van der Waals surface area contributed by atoms with E-state index in [2.05, 4.69) is 12.2 Å². The standard InChI is InChI=1S/C14H26N2O2/c1-6-7-8-10(4)16-12(9(2)3)13(17)15-11(5)14(16)18/h9-12H,6-8H2,1-5H3,(H,15,17). The molecule has 3 atom stereocenters. The van der Waals surface area contributed by atoms with Gasteiger partial charge in [0, 0.05) is 6.04 Å². The molecule has 2 amide bonds. The summed E-state index contributed by atoms with van der Waals surface area (Å²) in [6.07, 6.45) is 3.16. The van der Waals surface area contributed by atoms with Crippen LogP contribution in [0.1, 0.15) is 53.9 Å². The van der Waals surface area contributed by atoms with Gasteiger partial charge in [-0.15, -0.1) is 0 Å². The molecule has 0 radical (unpaired) electrons. The van der Waals surface area contributed by atoms with Crippen molar-refractivity contribution in [2.45, 2.75) is 72.0 Å². The van der Waals surface area contributed by atoms with Gasteiger partial charge in [-0.05, 0) is 26.2 Å². The second-order valence-corrected chi connectivity index (χ2v) is 5.66. The molecule has 1 heterocycles. The van der Waals surface area contributed by atoms with Gasteiger partial charge in [0.25, 0.3) is 0 Å². The van der Waals surface area contributed by atoms with E-state index in [0.29, 0.717) is 0 Å². The molecule has 4 nitrogen and oxygen atoms in total. The maximum absolute atomic E-state index is 12.3. The van der Waals surface area contributed by atoms with Gasteiger partial charge in [-0.3, -0.25) is 9.59 Å². The molecule has 18 heavy (non-hydrogen) atoms. The predicted octanol–water partition coefficient (Wildman–Crippen LogP) is 1.94. The molecule has 1 rings (SSSR count). The third-order valence-electron chi connectivity index (χ3n) is 3.63. The van der Waals surface area contributed by atoms with Crippen LogP contribution < -0.4 is 5.32 Å². The smallest absolute Gasteiger partial charge is 0.245 e. The van der Waals surface area contributed by atoms with Gasteiger partial charge in [0.05, 0.1) is 0 Å². The van der Waals surface area contributed by atoms with Gasteiger partial charge in [-0.2, -0.15) is 0 Å². The number of carbonyl (C=O) groups excluding carboxylic acids is 2. The van der Waals surface area contributed by atoms with E-state index >= 15 is 0 Å². The number of nitrogens with one attached hydrogen (secondary N) is 1. The van der Waals surface area contributed by atoms with Crippen LogP contribution in [-0.2, 0) is 9.59 Å². The Hall–Kier alpha value is -1.06. The second-order valence-electron chi connectivity index (χ2n) is 5.66. The number of carbonyl (C=O) groups is 2. The molecule has 1 N–H and O–H groups in total. The fourth-order valence-electron chi connectivity index (χ4n) is 2.60. The number of rotatable bonds is 5. The Morgan fingerprint density at radius 2 is 1.89 bits per heavy atom. The summed E-state index contributed by atoms with van der Waals surface area (Å²) in [6.45, 7) is 9.94. The molecule has 1 saturated heterocycles. The third kappa shape index (κ3) is 3.03. The number of hydrogen-bond donors (Lipinski definition) is 1. The van der Waals surface area contributed by atoms with Crippen molar-refractivity contribution in [3.8, 4) is 0 Å². The molecule has 1 aliphatic heterocycles. The van der Waals surface area contributed by atoms with Crippen molar-refractivity contribution in [3.63, 3.8) is 0 Å². The fraction of sp³-hybridized carbons (Fsp3) is 0.857. The average Bonchev–Trinajstić information content (AvgIpc) is 2.29. The second kappa shape index (κ2) is 6.21. The number of amides is 2. The number of nitrogens with zero attached hydrogens (tertiary/aromatic N) is 1. The van der Waals surface area contributed by atoms with Crippen LogP contribution >= 0.6 is 0 Å². The molecule has 0 saturated carbocycles. The van der Waals surface area contributed by atoms with Crippen LogP contribution in [-0.4, -0.2) is 34.8 Å². The summed E-state index contributed by atoms with van der Waals surface area (Å²) in [5, 5.41) is 2.77. The largest absolute Gasteiger partial charge is 0.343 e. The van der Waals surface area contributed by atoms with Gasteiger partial charge in [0.2, 0.25) is 11.8 Å². The van der Waals surface area contributed by atoms with Crippen LogP contribution in [0.25, 0.3) is 0 Å². The van der Waals surface area contributed by atoms with Crippen LogP contribution in [0.3, 0.4) is 0 Å². The van der Waals surface area contributed by atoms with Crippen molar-refractivity contribution in [2.75, 3.05) is 0 Å². The average molecular weight is 254 g/mol. The van der Waals surface area contributed by atoms with E-state index in [1.54, 1.807) is 6.92 Å². The molecule has 0 aromatic rings. The van der Waals surface area contributed by atoms with E-state index in [-0.39, 0.29) is 29.8 Å². The van der Waals surface area contributed by atoms with Crippen molar-refractivity contribution >= 4 is 11.8 Å². The van der Waals surface area contributed by atoms with Gasteiger partial charge in [-0.1, -0.05) is 33.6 Å². The van der Waals surface area contributed by atoms with E-state index in [1.165, 1.54) is 0 Å². The molecular formula is C14H26N2O2. The quantitative estimate of drug-likeness (QED) is 0.815. The van der Waals surface area contributed by atoms with Gasteiger partial charge in [0.15, 0.2) is 0 Å². The summed E-state index contributed by atoms with van der Waals surface area (Å²) in [7, 11) is 0. The lowest BCUT2D eigenvalue weighted by Gasteiger charge is -2.43. The fourth-order valence-corrected chi connectivity index (χ4v) is 2.60. The summed E-state index contributed by atoms with van der Waals surface area (Å²) in [6, 6.07) is -0.574. The first-order chi connectivity index (χ1) is 8.40. The van der Waals surface area contributed by atoms with E-state index in [0.717, 1.165) is 19.3 Å². The van der Waals surface area contributed by atoms with Crippen molar-refractivity contribution in [3.05, 3.63) is 0 Å². The van der Waals surface area contributed by atoms with Gasteiger partial charge in [0.1, 0.15) is 12.1 Å². The van der Waals surface area contributed by atoms with Crippen LogP contribution in [0.2, 0.25) is 0 Å². The Kier molecular flexibility index (Phi) is 5.17. The van der Waals surface area contributed by atoms with Crippen LogP contribution in [0.5, 0.6) is 0 Å². The first kappa shape index (κ1) is 15.0. The highest BCUT2D eigenvalue weighted by molar-refractivity contribution is 5.97. The lowest BCUT2D eigenvalue weighted by atomic mass is 9.94. The summed E-state index contributed by atoms with van der Waals surface area (Å²) < 4.78 is 0. The molecule has 0 aromatic heterocycles. The van der Waals surface area contributed by atoms with Crippen LogP contribution in [0.4, 0.5) is 0 Å². The zero-order valence-electron chi connectivity index (χ0n) is 12.2. The van der Waals surface area contributed by atoms with Gasteiger partial charge >= 0.3 is 0 Å². The first-order valence-electron chi connectivity index (χ1n) is 7.02. The molecule has 1 fully saturated rings. The van der Waals surface area contributed by atoms with E-state index < -0.39 is 6.04 Å². The Balaban J connectivity index is 2.91. The van der Waals surface area contributed by atoms with E-state index in [4.69, 9.17) is 0 Å². The summed E-state index contributed by atoms with van der Waals surface area (Å²) in [5.74, 6) is 0.183. The topological polar surface area (TPSA) is 49.4 Å². The lowest BCUT2D eigenvalue weighted by Crippen LogP contribution is -2.66. The molecule has 0 aromatic carbocycles. The molecule has 0 bridgehead atoms. The first-order valence-corrected chi connectivity index (χ1v) is 7.02. The molecule has 4 heteroatoms. The highest BCUT2D eigenvalue weighted by Crippen LogP contribution is 2.22. The zero-order valence-corrected chi connectivity index (χ0v) is 12.2. The zero-order chi connectivity index (χ0) is 13.9. The molecule has 0 aliphatic carbocycles. The minimum atomic E-state index is -0.392. The molecule has 104 valence electrons. The monoisotopic (exact) mass is 254 g/mol. The molecule has 1 aliphatic rings. The van der Waals surface area contributed by atoms with Crippen molar-refractivity contribution in [1.29, 1.82) is 0 Å². The highest BCUT2D eigenvalue weighted by Gasteiger charge is 2.41. The SMILES string of the molecule is CCCCC(C)N1C(=O)C(C)NC(=O)C1C(C)C. The molecule has 3 unspecified atom stereocenters. The Labute approximate surface area is 110 Å².